The number of hydrogen-bond acceptors (Lipinski definition) is 2. The Morgan fingerprint density at radius 2 is 1.60 bits per heavy atom. The molecule has 0 spiro atoms. The molecule has 1 aromatic rings. The Labute approximate surface area is 97.9 Å². The van der Waals surface area contributed by atoms with Crippen LogP contribution in [-0.4, -0.2) is 13.1 Å². The molecule has 0 saturated carbocycles. The van der Waals surface area contributed by atoms with Crippen molar-refractivity contribution in [2.24, 2.45) is 0 Å². The molecule has 1 fully saturated rings. The Morgan fingerprint density at radius 1 is 1.07 bits per heavy atom. The summed E-state index contributed by atoms with van der Waals surface area (Å²) in [6.07, 6.45) is 2.67. The van der Waals surface area contributed by atoms with Gasteiger partial charge in [-0.1, -0.05) is 12.1 Å². The van der Waals surface area contributed by atoms with Gasteiger partial charge in [-0.25, -0.2) is 0 Å². The van der Waals surface area contributed by atoms with Crippen LogP contribution in [0.2, 0.25) is 0 Å². The van der Waals surface area contributed by atoms with E-state index in [1.165, 1.54) is 37.2 Å². The van der Waals surface area contributed by atoms with Gasteiger partial charge in [0.25, 0.3) is 0 Å². The molecule has 1 saturated heterocycles. The van der Waals surface area contributed by atoms with Crippen LogP contribution in [0, 0.1) is 0 Å². The highest BCUT2D eigenvalue weighted by Gasteiger charge is 2.16. The molecule has 0 amide bonds. The van der Waals surface area contributed by atoms with Crippen LogP contribution in [0.4, 0.5) is 5.69 Å². The van der Waals surface area contributed by atoms with Gasteiger partial charge in [-0.15, -0.1) is 0 Å². The molecule has 0 N–H and O–H groups in total. The summed E-state index contributed by atoms with van der Waals surface area (Å²) < 4.78 is -0.0382. The second-order valence-electron chi connectivity index (χ2n) is 4.80. The summed E-state index contributed by atoms with van der Waals surface area (Å²) in [6.45, 7) is 6.68. The van der Waals surface area contributed by atoms with Crippen LogP contribution in [0.3, 0.4) is 0 Å². The van der Waals surface area contributed by atoms with Gasteiger partial charge in [-0.05, 0) is 44.4 Å². The number of anilines is 1. The van der Waals surface area contributed by atoms with Crippen molar-refractivity contribution in [2.75, 3.05) is 18.0 Å². The SMILES string of the molecule is CC(C)(S)c1ccc(N2CCCC2)cc1. The maximum Gasteiger partial charge on any atom is 0.0366 e. The molecule has 1 aliphatic rings. The monoisotopic (exact) mass is 221 g/mol. The van der Waals surface area contributed by atoms with E-state index in [-0.39, 0.29) is 4.75 Å². The summed E-state index contributed by atoms with van der Waals surface area (Å²) in [5.41, 5.74) is 2.64. The highest BCUT2D eigenvalue weighted by atomic mass is 32.1. The topological polar surface area (TPSA) is 3.24 Å². The Morgan fingerprint density at radius 3 is 2.07 bits per heavy atom. The highest BCUT2D eigenvalue weighted by Crippen LogP contribution is 2.29. The number of rotatable bonds is 2. The summed E-state index contributed by atoms with van der Waals surface area (Å²) in [7, 11) is 0. The first kappa shape index (κ1) is 10.9. The number of nitrogens with zero attached hydrogens (tertiary/aromatic N) is 1. The zero-order valence-corrected chi connectivity index (χ0v) is 10.4. The van der Waals surface area contributed by atoms with Crippen LogP contribution >= 0.6 is 12.6 Å². The smallest absolute Gasteiger partial charge is 0.0366 e. The summed E-state index contributed by atoms with van der Waals surface area (Å²) in [4.78, 5) is 2.45. The van der Waals surface area contributed by atoms with Gasteiger partial charge in [0.1, 0.15) is 0 Å². The highest BCUT2D eigenvalue weighted by molar-refractivity contribution is 7.81. The van der Waals surface area contributed by atoms with Gasteiger partial charge in [0.05, 0.1) is 0 Å². The molecular weight excluding hydrogens is 202 g/mol. The second kappa shape index (κ2) is 4.09. The molecule has 2 rings (SSSR count). The molecule has 0 unspecified atom stereocenters. The molecule has 0 atom stereocenters. The van der Waals surface area contributed by atoms with Crippen LogP contribution < -0.4 is 4.90 Å². The molecule has 1 heterocycles. The average Bonchev–Trinajstić information content (AvgIpc) is 2.69. The van der Waals surface area contributed by atoms with E-state index in [4.69, 9.17) is 0 Å². The second-order valence-corrected chi connectivity index (χ2v) is 5.92. The van der Waals surface area contributed by atoms with Gasteiger partial charge in [-0.2, -0.15) is 12.6 Å². The van der Waals surface area contributed by atoms with Crippen molar-refractivity contribution in [1.29, 1.82) is 0 Å². The third-order valence-electron chi connectivity index (χ3n) is 3.04. The fourth-order valence-electron chi connectivity index (χ4n) is 2.06. The lowest BCUT2D eigenvalue weighted by atomic mass is 10.0. The molecule has 1 nitrogen and oxygen atoms in total. The number of thiol groups is 1. The van der Waals surface area contributed by atoms with E-state index in [0.29, 0.717) is 0 Å². The predicted octanol–water partition coefficient (Wildman–Crippen LogP) is 3.45. The zero-order chi connectivity index (χ0) is 10.9. The maximum atomic E-state index is 4.57. The third kappa shape index (κ3) is 2.49. The summed E-state index contributed by atoms with van der Waals surface area (Å²) in [6, 6.07) is 8.83. The molecule has 0 aliphatic carbocycles. The Bertz CT molecular complexity index is 317. The van der Waals surface area contributed by atoms with Crippen molar-refractivity contribution in [3.63, 3.8) is 0 Å². The molecule has 0 radical (unpaired) electrons. The van der Waals surface area contributed by atoms with E-state index in [0.717, 1.165) is 0 Å². The fourth-order valence-corrected chi connectivity index (χ4v) is 2.20. The Kier molecular flexibility index (Phi) is 2.96. The van der Waals surface area contributed by atoms with Crippen molar-refractivity contribution in [3.8, 4) is 0 Å². The largest absolute Gasteiger partial charge is 0.372 e. The van der Waals surface area contributed by atoms with E-state index < -0.39 is 0 Å². The number of hydrogen-bond donors (Lipinski definition) is 1. The van der Waals surface area contributed by atoms with Gasteiger partial charge in [0, 0.05) is 23.5 Å². The van der Waals surface area contributed by atoms with E-state index in [1.807, 2.05) is 0 Å². The standard InChI is InChI=1S/C13H19NS/c1-13(2,15)11-5-7-12(8-6-11)14-9-3-4-10-14/h5-8,15H,3-4,9-10H2,1-2H3. The lowest BCUT2D eigenvalue weighted by Gasteiger charge is -2.21. The molecule has 0 aromatic heterocycles. The van der Waals surface area contributed by atoms with Crippen molar-refractivity contribution in [2.45, 2.75) is 31.4 Å². The molecule has 0 bridgehead atoms. The molecule has 82 valence electrons. The van der Waals surface area contributed by atoms with Crippen LogP contribution in [0.25, 0.3) is 0 Å². The lowest BCUT2D eigenvalue weighted by molar-refractivity contribution is 0.790. The van der Waals surface area contributed by atoms with Crippen molar-refractivity contribution in [1.82, 2.24) is 0 Å². The van der Waals surface area contributed by atoms with Gasteiger partial charge in [-0.3, -0.25) is 0 Å². The van der Waals surface area contributed by atoms with Crippen molar-refractivity contribution in [3.05, 3.63) is 29.8 Å². The fraction of sp³-hybridized carbons (Fsp3) is 0.538. The zero-order valence-electron chi connectivity index (χ0n) is 9.53. The maximum absolute atomic E-state index is 4.57. The molecule has 1 aliphatic heterocycles. The Hall–Kier alpha value is -0.630. The number of benzene rings is 1. The third-order valence-corrected chi connectivity index (χ3v) is 3.30. The first-order valence-corrected chi connectivity index (χ1v) is 6.10. The quantitative estimate of drug-likeness (QED) is 0.749. The minimum absolute atomic E-state index is 0.0382. The molecule has 2 heteroatoms. The summed E-state index contributed by atoms with van der Waals surface area (Å²) in [5.74, 6) is 0. The molecular formula is C13H19NS. The van der Waals surface area contributed by atoms with Crippen molar-refractivity contribution < 1.29 is 0 Å². The van der Waals surface area contributed by atoms with Crippen LogP contribution in [-0.2, 0) is 4.75 Å². The minimum atomic E-state index is -0.0382. The molecule has 15 heavy (non-hydrogen) atoms. The first-order chi connectivity index (χ1) is 7.07. The van der Waals surface area contributed by atoms with E-state index in [9.17, 15) is 0 Å². The minimum Gasteiger partial charge on any atom is -0.372 e. The normalized spacial score (nSPS) is 17.1. The molecule has 1 aromatic carbocycles. The summed E-state index contributed by atoms with van der Waals surface area (Å²) >= 11 is 4.57. The van der Waals surface area contributed by atoms with Crippen molar-refractivity contribution >= 4 is 18.3 Å². The van der Waals surface area contributed by atoms with Gasteiger partial charge >= 0.3 is 0 Å². The van der Waals surface area contributed by atoms with Gasteiger partial charge in [0.2, 0.25) is 0 Å². The average molecular weight is 221 g/mol. The lowest BCUT2D eigenvalue weighted by Crippen LogP contribution is -2.17. The summed E-state index contributed by atoms with van der Waals surface area (Å²) in [5, 5.41) is 0. The van der Waals surface area contributed by atoms with Crippen LogP contribution in [0.5, 0.6) is 0 Å². The first-order valence-electron chi connectivity index (χ1n) is 5.65. The van der Waals surface area contributed by atoms with Gasteiger partial charge < -0.3 is 4.90 Å². The van der Waals surface area contributed by atoms with E-state index in [1.54, 1.807) is 0 Å². The van der Waals surface area contributed by atoms with Gasteiger partial charge in [0.15, 0.2) is 0 Å². The Balaban J connectivity index is 2.16. The van der Waals surface area contributed by atoms with Crippen LogP contribution in [0.15, 0.2) is 24.3 Å². The predicted molar refractivity (Wildman–Crippen MR) is 69.9 cm³/mol. The van der Waals surface area contributed by atoms with E-state index >= 15 is 0 Å². The van der Waals surface area contributed by atoms with Crippen LogP contribution in [0.1, 0.15) is 32.3 Å². The van der Waals surface area contributed by atoms with E-state index in [2.05, 4.69) is 55.6 Å².